The molecular weight excluding hydrogens is 989 g/mol. The van der Waals surface area contributed by atoms with Gasteiger partial charge in [0, 0.05) is 34.4 Å². The third-order valence-corrected chi connectivity index (χ3v) is 13.2. The zero-order chi connectivity index (χ0) is 54.9. The van der Waals surface area contributed by atoms with Crippen LogP contribution in [-0.2, 0) is 42.9 Å². The van der Waals surface area contributed by atoms with E-state index in [9.17, 15) is 76.7 Å². The quantitative estimate of drug-likeness (QED) is 0.0605. The molecule has 23 heteroatoms. The molecule has 0 spiro atoms. The van der Waals surface area contributed by atoms with E-state index in [0.717, 1.165) is 0 Å². The van der Waals surface area contributed by atoms with Crippen LogP contribution in [0.1, 0.15) is 124 Å². The number of amides is 2. The molecule has 5 aliphatic rings. The van der Waals surface area contributed by atoms with Gasteiger partial charge in [0.1, 0.15) is 12.7 Å². The summed E-state index contributed by atoms with van der Waals surface area (Å²) in [6.07, 6.45) is -13.7. The summed E-state index contributed by atoms with van der Waals surface area (Å²) in [5.74, 6) is -7.67. The molecule has 4 atom stereocenters. The third kappa shape index (κ3) is 22.7. The predicted molar refractivity (Wildman–Crippen MR) is 239 cm³/mol. The van der Waals surface area contributed by atoms with Gasteiger partial charge < -0.3 is 29.6 Å². The van der Waals surface area contributed by atoms with Gasteiger partial charge in [0.25, 0.3) is 0 Å². The Balaban J connectivity index is 0.000000330. The van der Waals surface area contributed by atoms with E-state index in [1.807, 2.05) is 0 Å². The minimum absolute atomic E-state index is 0.0186. The highest BCUT2D eigenvalue weighted by molar-refractivity contribution is 5.92. The van der Waals surface area contributed by atoms with Gasteiger partial charge in [-0.2, -0.15) is 52.7 Å². The van der Waals surface area contributed by atoms with E-state index in [0.29, 0.717) is 55.2 Å². The molecule has 4 unspecified atom stereocenters. The first kappa shape index (κ1) is 63.5. The zero-order valence-corrected chi connectivity index (χ0v) is 41.0. The molecule has 0 aliphatic heterocycles. The van der Waals surface area contributed by atoms with Crippen LogP contribution in [0.2, 0.25) is 0 Å². The van der Waals surface area contributed by atoms with Crippen molar-refractivity contribution in [2.24, 2.45) is 35.5 Å². The molecule has 5 aliphatic carbocycles. The summed E-state index contributed by atoms with van der Waals surface area (Å²) in [5.41, 5.74) is 1.26. The molecule has 11 nitrogen and oxygen atoms in total. The number of rotatable bonds is 13. The van der Waals surface area contributed by atoms with Crippen LogP contribution < -0.4 is 10.6 Å². The van der Waals surface area contributed by atoms with Crippen LogP contribution in [0.15, 0.2) is 48.6 Å². The summed E-state index contributed by atoms with van der Waals surface area (Å²) >= 11 is 0. The second kappa shape index (κ2) is 28.2. The lowest BCUT2D eigenvalue weighted by atomic mass is 9.85. The van der Waals surface area contributed by atoms with Crippen LogP contribution in [0.5, 0.6) is 0 Å². The number of ether oxygens (including phenoxy) is 4. The van der Waals surface area contributed by atoms with Crippen molar-refractivity contribution in [1.29, 1.82) is 0 Å². The average molecular weight is 1060 g/mol. The fraction of sp³-hybridized carbons (Fsp3) is 0.735. The number of esters is 3. The SMILES string of the molecule is C=C(C)C(=O)NC1CC2CC1CC2C(F)(F)F.C=C(C)C(=O)NC1CCC(C(F)(F)F)CC1.C=C(C)C(=O)OCC(=O)OC1CCC(C(F)(F)F)CC1.C=C(C)C(=O)OCCOC1CCC(C(F)(F)F)CC1. The molecule has 0 radical (unpaired) electrons. The van der Waals surface area contributed by atoms with Crippen molar-refractivity contribution in [2.45, 2.75) is 173 Å². The second-order valence-electron chi connectivity index (χ2n) is 19.2. The number of fused-ring (bicyclic) bond motifs is 2. The van der Waals surface area contributed by atoms with Gasteiger partial charge in [-0.05, 0) is 136 Å². The largest absolute Gasteiger partial charge is 0.460 e. The molecule has 5 rings (SSSR count). The van der Waals surface area contributed by atoms with E-state index in [1.165, 1.54) is 6.92 Å². The van der Waals surface area contributed by atoms with Crippen LogP contribution in [0.25, 0.3) is 0 Å². The number of carbonyl (C=O) groups is 5. The minimum Gasteiger partial charge on any atom is -0.460 e. The van der Waals surface area contributed by atoms with Gasteiger partial charge in [-0.3, -0.25) is 9.59 Å². The maximum absolute atomic E-state index is 12.6. The molecular formula is C49H68F12N2O9. The molecule has 2 bridgehead atoms. The second-order valence-corrected chi connectivity index (χ2v) is 19.2. The summed E-state index contributed by atoms with van der Waals surface area (Å²) < 4.78 is 169. The Morgan fingerprint density at radius 1 is 0.472 bits per heavy atom. The van der Waals surface area contributed by atoms with Gasteiger partial charge in [0.2, 0.25) is 11.8 Å². The predicted octanol–water partition coefficient (Wildman–Crippen LogP) is 11.5. The Labute approximate surface area is 412 Å². The fourth-order valence-electron chi connectivity index (χ4n) is 9.02. The molecule has 0 aromatic heterocycles. The summed E-state index contributed by atoms with van der Waals surface area (Å²) in [6, 6.07) is -0.231. The standard InChI is InChI=1S/C13H17F3O4.C13H19F3O3.C12H16F3NO.C11H16F3NO/c1-8(2)12(18)19-7-11(17)20-10-5-3-9(4-6-10)13(14,15)16;1-9(2)12(17)19-8-7-18-11-5-3-10(4-6-11)13(14,15)16;1-6(2)11(17)16-10-5-7-3-8(10)4-9(7)12(13,14)15;1-7(2)10(16)15-9-5-3-8(4-6-9)11(12,13)14/h9-10H,1,3-7H2,2H3;10-11H,1,3-8H2,2H3;7-10H,1,3-5H2,2H3,(H,16,17);8-9H,1,3-6H2,2H3,(H,15,16). The Bertz CT molecular complexity index is 1860. The smallest absolute Gasteiger partial charge is 0.392 e. The van der Waals surface area contributed by atoms with E-state index in [-0.39, 0.29) is 118 Å². The molecule has 5 saturated carbocycles. The Morgan fingerprint density at radius 3 is 1.28 bits per heavy atom. The van der Waals surface area contributed by atoms with Gasteiger partial charge in [-0.15, -0.1) is 0 Å². The summed E-state index contributed by atoms with van der Waals surface area (Å²) in [7, 11) is 0. The maximum Gasteiger partial charge on any atom is 0.392 e. The highest BCUT2D eigenvalue weighted by Gasteiger charge is 2.56. The highest BCUT2D eigenvalue weighted by Crippen LogP contribution is 2.54. The average Bonchev–Trinajstić information content (AvgIpc) is 3.89. The van der Waals surface area contributed by atoms with E-state index in [2.05, 4.69) is 41.7 Å². The summed E-state index contributed by atoms with van der Waals surface area (Å²) in [6.45, 7) is 19.7. The number of hydrogen-bond donors (Lipinski definition) is 2. The van der Waals surface area contributed by atoms with Crippen molar-refractivity contribution in [3.8, 4) is 0 Å². The first-order valence-corrected chi connectivity index (χ1v) is 23.8. The van der Waals surface area contributed by atoms with Crippen LogP contribution in [-0.4, -0.2) is 98.5 Å². The minimum atomic E-state index is -4.19. The molecule has 0 saturated heterocycles. The first-order chi connectivity index (χ1) is 33.1. The molecule has 0 heterocycles. The van der Waals surface area contributed by atoms with Crippen molar-refractivity contribution in [2.75, 3.05) is 19.8 Å². The molecule has 72 heavy (non-hydrogen) atoms. The monoisotopic (exact) mass is 1060 g/mol. The molecule has 2 N–H and O–H groups in total. The van der Waals surface area contributed by atoms with E-state index in [4.69, 9.17) is 14.2 Å². The van der Waals surface area contributed by atoms with Gasteiger partial charge in [0.15, 0.2) is 6.61 Å². The number of alkyl halides is 12. The van der Waals surface area contributed by atoms with E-state index < -0.39 is 79.0 Å². The Kier molecular flexibility index (Phi) is 24.9. The van der Waals surface area contributed by atoms with Gasteiger partial charge >= 0.3 is 42.6 Å². The highest BCUT2D eigenvalue weighted by atomic mass is 19.4. The number of hydrogen-bond acceptors (Lipinski definition) is 9. The van der Waals surface area contributed by atoms with E-state index >= 15 is 0 Å². The summed E-state index contributed by atoms with van der Waals surface area (Å²) in [4.78, 5) is 56.1. The van der Waals surface area contributed by atoms with E-state index in [1.54, 1.807) is 20.8 Å². The normalized spacial score (nSPS) is 27.1. The van der Waals surface area contributed by atoms with Crippen LogP contribution in [0, 0.1) is 35.5 Å². The topological polar surface area (TPSA) is 146 Å². The third-order valence-electron chi connectivity index (χ3n) is 13.2. The van der Waals surface area contributed by atoms with Crippen LogP contribution >= 0.6 is 0 Å². The van der Waals surface area contributed by atoms with Gasteiger partial charge in [-0.1, -0.05) is 26.3 Å². The molecule has 0 aromatic rings. The summed E-state index contributed by atoms with van der Waals surface area (Å²) in [5, 5.41) is 5.46. The molecule has 412 valence electrons. The van der Waals surface area contributed by atoms with Gasteiger partial charge in [0.05, 0.1) is 36.4 Å². The Hall–Kier alpha value is -4.57. The van der Waals surface area contributed by atoms with Crippen molar-refractivity contribution < 1.29 is 95.6 Å². The Morgan fingerprint density at radius 2 is 0.889 bits per heavy atom. The zero-order valence-electron chi connectivity index (χ0n) is 41.0. The van der Waals surface area contributed by atoms with Crippen LogP contribution in [0.4, 0.5) is 52.7 Å². The molecule has 0 aromatic carbocycles. The molecule has 5 fully saturated rings. The first-order valence-electron chi connectivity index (χ1n) is 23.8. The number of nitrogens with one attached hydrogen (secondary N) is 2. The van der Waals surface area contributed by atoms with Crippen molar-refractivity contribution in [3.05, 3.63) is 48.6 Å². The van der Waals surface area contributed by atoms with Crippen molar-refractivity contribution >= 4 is 29.7 Å². The number of carbonyl (C=O) groups excluding carboxylic acids is 5. The molecule has 2 amide bonds. The maximum atomic E-state index is 12.6. The van der Waals surface area contributed by atoms with Crippen molar-refractivity contribution in [3.63, 3.8) is 0 Å². The van der Waals surface area contributed by atoms with Crippen LogP contribution in [0.3, 0.4) is 0 Å². The lowest BCUT2D eigenvalue weighted by Crippen LogP contribution is -2.42. The number of halogens is 12. The lowest BCUT2D eigenvalue weighted by Gasteiger charge is -2.30. The fourth-order valence-corrected chi connectivity index (χ4v) is 9.02. The lowest BCUT2D eigenvalue weighted by molar-refractivity contribution is -0.190. The van der Waals surface area contributed by atoms with Gasteiger partial charge in [-0.25, -0.2) is 14.4 Å². The van der Waals surface area contributed by atoms with Crippen molar-refractivity contribution in [1.82, 2.24) is 10.6 Å².